The Labute approximate surface area is 47.2 Å². The molecule has 0 aromatic rings. The maximum absolute atomic E-state index is 3.71. The van der Waals surface area contributed by atoms with Gasteiger partial charge in [-0.15, -0.1) is 5.11 Å². The van der Waals surface area contributed by atoms with Crippen molar-refractivity contribution in [2.75, 3.05) is 0 Å². The fourth-order valence-electron chi connectivity index (χ4n) is 0.324. The maximum Gasteiger partial charge on any atom is 0.137 e. The van der Waals surface area contributed by atoms with Crippen LogP contribution in [-0.4, -0.2) is 6.34 Å². The van der Waals surface area contributed by atoms with Crippen molar-refractivity contribution in [1.82, 2.24) is 0 Å². The molecule has 3 nitrogen and oxygen atoms in total. The average Bonchev–Trinajstić information content (AvgIpc) is 1.62. The fraction of sp³-hybridized carbons (Fsp3) is 0. The number of azo groups is 1. The van der Waals surface area contributed by atoms with E-state index in [0.717, 1.165) is 0 Å². The Balaban J connectivity index is 2.67. The summed E-state index contributed by atoms with van der Waals surface area (Å²) in [7, 11) is 0. The number of nitrogens with zero attached hydrogens (tertiary/aromatic N) is 3. The van der Waals surface area contributed by atoms with Gasteiger partial charge < -0.3 is 0 Å². The molecule has 3 heteroatoms. The number of rotatable bonds is 0. The molecule has 0 saturated carbocycles. The van der Waals surface area contributed by atoms with Crippen LogP contribution in [0.15, 0.2) is 39.8 Å². The Hall–Kier alpha value is -1.25. The van der Waals surface area contributed by atoms with Crippen LogP contribution in [0.25, 0.3) is 0 Å². The van der Waals surface area contributed by atoms with Crippen molar-refractivity contribution in [3.8, 4) is 0 Å². The van der Waals surface area contributed by atoms with Crippen molar-refractivity contribution in [3.63, 3.8) is 0 Å². The first-order chi connectivity index (χ1) is 4.00. The van der Waals surface area contributed by atoms with Gasteiger partial charge >= 0.3 is 0 Å². The van der Waals surface area contributed by atoms with E-state index < -0.39 is 0 Å². The molecule has 0 aliphatic carbocycles. The highest BCUT2D eigenvalue weighted by atomic mass is 15.1. The van der Waals surface area contributed by atoms with E-state index in [-0.39, 0.29) is 0 Å². The van der Waals surface area contributed by atoms with Crippen LogP contribution in [0.3, 0.4) is 0 Å². The zero-order valence-electron chi connectivity index (χ0n) is 4.23. The zero-order valence-corrected chi connectivity index (χ0v) is 4.23. The molecular weight excluding hydrogens is 102 g/mol. The molecule has 0 amide bonds. The van der Waals surface area contributed by atoms with Gasteiger partial charge in [0.15, 0.2) is 0 Å². The predicted octanol–water partition coefficient (Wildman–Crippen LogP) is 1.51. The molecule has 0 bridgehead atoms. The molecule has 0 N–H and O–H groups in total. The van der Waals surface area contributed by atoms with E-state index in [1.54, 1.807) is 24.6 Å². The highest BCUT2D eigenvalue weighted by Crippen LogP contribution is 1.84. The highest BCUT2D eigenvalue weighted by molar-refractivity contribution is 5.55. The van der Waals surface area contributed by atoms with Gasteiger partial charge in [-0.1, -0.05) is 0 Å². The molecular formula is C5H5N3. The molecule has 0 radical (unpaired) electrons. The third kappa shape index (κ3) is 1.47. The Kier molecular flexibility index (Phi) is 1.74. The molecule has 1 heterocycles. The summed E-state index contributed by atoms with van der Waals surface area (Å²) in [4.78, 5) is 3.71. The SMILES string of the molecule is C1=N/C=C\C=C/N=N1. The summed E-state index contributed by atoms with van der Waals surface area (Å²) in [5, 5.41) is 7.10. The summed E-state index contributed by atoms with van der Waals surface area (Å²) in [5.74, 6) is 0. The second-order valence-corrected chi connectivity index (χ2v) is 1.18. The molecule has 1 rings (SSSR count). The smallest absolute Gasteiger partial charge is 0.137 e. The average molecular weight is 107 g/mol. The lowest BCUT2D eigenvalue weighted by Crippen LogP contribution is -1.62. The van der Waals surface area contributed by atoms with Gasteiger partial charge in [-0.2, -0.15) is 5.11 Å². The second-order valence-electron chi connectivity index (χ2n) is 1.18. The van der Waals surface area contributed by atoms with Gasteiger partial charge in [0.2, 0.25) is 0 Å². The number of allylic oxidation sites excluding steroid dienone is 2. The largest absolute Gasteiger partial charge is 0.243 e. The van der Waals surface area contributed by atoms with Gasteiger partial charge in [-0.3, -0.25) is 0 Å². The fourth-order valence-corrected chi connectivity index (χ4v) is 0.324. The first-order valence-corrected chi connectivity index (χ1v) is 2.23. The standard InChI is InChI=1S/C5H5N3/c1-2-4-7-8-5-6-3-1/h1-5H/b2-1?,3-1-,4-2-,6-3?,6-5?,7-4?,8-5?,8-7?. The molecule has 40 valence electrons. The van der Waals surface area contributed by atoms with Gasteiger partial charge in [0.1, 0.15) is 6.34 Å². The van der Waals surface area contributed by atoms with Gasteiger partial charge in [0, 0.05) is 12.4 Å². The molecule has 0 spiro atoms. The molecule has 1 aliphatic heterocycles. The van der Waals surface area contributed by atoms with Crippen molar-refractivity contribution in [2.24, 2.45) is 15.2 Å². The summed E-state index contributed by atoms with van der Waals surface area (Å²) in [6.45, 7) is 0. The van der Waals surface area contributed by atoms with E-state index in [2.05, 4.69) is 15.2 Å². The van der Waals surface area contributed by atoms with Crippen LogP contribution in [0, 0.1) is 0 Å². The summed E-state index contributed by atoms with van der Waals surface area (Å²) >= 11 is 0. The van der Waals surface area contributed by atoms with Gasteiger partial charge in [-0.25, -0.2) is 4.99 Å². The number of hydrogen-bond donors (Lipinski definition) is 0. The Morgan fingerprint density at radius 1 is 0.875 bits per heavy atom. The normalized spacial score (nSPS) is 24.0. The van der Waals surface area contributed by atoms with Crippen LogP contribution < -0.4 is 0 Å². The van der Waals surface area contributed by atoms with Gasteiger partial charge in [0.25, 0.3) is 0 Å². The molecule has 0 atom stereocenters. The summed E-state index contributed by atoms with van der Waals surface area (Å²) in [6, 6.07) is 0. The Morgan fingerprint density at radius 3 is 2.75 bits per heavy atom. The first kappa shape index (κ1) is 4.90. The number of hydrogen-bond acceptors (Lipinski definition) is 3. The third-order valence-electron chi connectivity index (χ3n) is 0.621. The van der Waals surface area contributed by atoms with Crippen LogP contribution in [0.5, 0.6) is 0 Å². The topological polar surface area (TPSA) is 37.1 Å². The van der Waals surface area contributed by atoms with E-state index >= 15 is 0 Å². The highest BCUT2D eigenvalue weighted by Gasteiger charge is 1.67. The van der Waals surface area contributed by atoms with E-state index in [4.69, 9.17) is 0 Å². The zero-order chi connectivity index (χ0) is 5.66. The van der Waals surface area contributed by atoms with Crippen LogP contribution in [-0.2, 0) is 0 Å². The monoisotopic (exact) mass is 107 g/mol. The van der Waals surface area contributed by atoms with Crippen molar-refractivity contribution >= 4 is 6.34 Å². The molecule has 0 unspecified atom stereocenters. The minimum atomic E-state index is 1.39. The minimum absolute atomic E-state index is 1.39. The number of aliphatic imine (C=N–C) groups is 1. The van der Waals surface area contributed by atoms with Crippen LogP contribution in [0.2, 0.25) is 0 Å². The maximum atomic E-state index is 3.71. The van der Waals surface area contributed by atoms with Gasteiger partial charge in [0.05, 0.1) is 0 Å². The van der Waals surface area contributed by atoms with E-state index in [1.807, 2.05) is 0 Å². The Bertz CT molecular complexity index is 109. The van der Waals surface area contributed by atoms with Crippen molar-refractivity contribution in [3.05, 3.63) is 24.6 Å². The summed E-state index contributed by atoms with van der Waals surface area (Å²) in [6.07, 6.45) is 8.19. The predicted molar refractivity (Wildman–Crippen MR) is 31.6 cm³/mol. The lowest BCUT2D eigenvalue weighted by molar-refractivity contribution is 1.28. The third-order valence-corrected chi connectivity index (χ3v) is 0.621. The van der Waals surface area contributed by atoms with E-state index in [9.17, 15) is 0 Å². The molecule has 8 heavy (non-hydrogen) atoms. The van der Waals surface area contributed by atoms with Crippen LogP contribution in [0.1, 0.15) is 0 Å². The van der Waals surface area contributed by atoms with Crippen LogP contribution >= 0.6 is 0 Å². The Morgan fingerprint density at radius 2 is 1.75 bits per heavy atom. The first-order valence-electron chi connectivity index (χ1n) is 2.23. The molecule has 1 aliphatic rings. The van der Waals surface area contributed by atoms with Gasteiger partial charge in [-0.05, 0) is 12.2 Å². The van der Waals surface area contributed by atoms with E-state index in [1.165, 1.54) is 6.34 Å². The summed E-state index contributed by atoms with van der Waals surface area (Å²) < 4.78 is 0. The quantitative estimate of drug-likeness (QED) is 0.450. The van der Waals surface area contributed by atoms with Crippen molar-refractivity contribution in [2.45, 2.75) is 0 Å². The lowest BCUT2D eigenvalue weighted by atomic mass is 10.6. The summed E-state index contributed by atoms with van der Waals surface area (Å²) in [5.41, 5.74) is 0. The molecule has 0 saturated heterocycles. The molecule has 0 aromatic carbocycles. The van der Waals surface area contributed by atoms with E-state index in [0.29, 0.717) is 0 Å². The van der Waals surface area contributed by atoms with Crippen LogP contribution in [0.4, 0.5) is 0 Å². The van der Waals surface area contributed by atoms with Crippen molar-refractivity contribution < 1.29 is 0 Å². The molecule has 0 fully saturated rings. The van der Waals surface area contributed by atoms with Crippen molar-refractivity contribution in [1.29, 1.82) is 0 Å². The second kappa shape index (κ2) is 2.85. The minimum Gasteiger partial charge on any atom is -0.243 e. The lowest BCUT2D eigenvalue weighted by Gasteiger charge is -1.76. The molecule has 0 aromatic heterocycles.